The second-order valence-electron chi connectivity index (χ2n) is 8.99. The number of rotatable bonds is 9. The first-order valence-corrected chi connectivity index (χ1v) is 11.3. The van der Waals surface area contributed by atoms with Crippen LogP contribution in [0.15, 0.2) is 30.3 Å². The van der Waals surface area contributed by atoms with E-state index >= 15 is 0 Å². The molecule has 4 amide bonds. The van der Waals surface area contributed by atoms with Gasteiger partial charge in [-0.05, 0) is 52.0 Å². The fourth-order valence-corrected chi connectivity index (χ4v) is 3.25. The van der Waals surface area contributed by atoms with E-state index in [1.165, 1.54) is 0 Å². The number of piperidine rings is 1. The van der Waals surface area contributed by atoms with Crippen molar-refractivity contribution in [1.29, 1.82) is 0 Å². The molecule has 1 aromatic carbocycles. The van der Waals surface area contributed by atoms with Crippen molar-refractivity contribution in [3.05, 3.63) is 35.9 Å². The van der Waals surface area contributed by atoms with Crippen LogP contribution in [0.5, 0.6) is 0 Å². The van der Waals surface area contributed by atoms with E-state index in [0.29, 0.717) is 24.3 Å². The molecule has 0 saturated carbocycles. The third-order valence-corrected chi connectivity index (χ3v) is 4.89. The van der Waals surface area contributed by atoms with E-state index < -0.39 is 41.7 Å². The number of carbonyl (C=O) groups is 4. The third kappa shape index (κ3) is 9.65. The maximum atomic E-state index is 12.8. The third-order valence-electron chi connectivity index (χ3n) is 4.89. The highest BCUT2D eigenvalue weighted by Crippen LogP contribution is 2.11. The monoisotopic (exact) mass is 478 g/mol. The van der Waals surface area contributed by atoms with Crippen molar-refractivity contribution in [2.24, 2.45) is 0 Å². The van der Waals surface area contributed by atoms with Crippen LogP contribution in [-0.4, -0.2) is 65.0 Å². The normalized spacial score (nSPS) is 16.9. The molecule has 0 unspecified atom stereocenters. The molecule has 1 aliphatic heterocycles. The highest BCUT2D eigenvalue weighted by Gasteiger charge is 2.32. The van der Waals surface area contributed by atoms with Gasteiger partial charge in [0.05, 0.1) is 0 Å². The predicted molar refractivity (Wildman–Crippen MR) is 122 cm³/mol. The molecule has 11 heteroatoms. The molecule has 2 atom stereocenters. The number of ether oxygens (including phenoxy) is 2. The molecule has 1 aliphatic rings. The first-order valence-electron chi connectivity index (χ1n) is 11.3. The summed E-state index contributed by atoms with van der Waals surface area (Å²) in [5.74, 6) is -1.18. The van der Waals surface area contributed by atoms with Crippen LogP contribution in [0.25, 0.3) is 0 Å². The van der Waals surface area contributed by atoms with E-state index in [9.17, 15) is 24.4 Å². The summed E-state index contributed by atoms with van der Waals surface area (Å²) in [6.45, 7) is 5.64. The predicted octanol–water partition coefficient (Wildman–Crippen LogP) is 2.08. The van der Waals surface area contributed by atoms with Gasteiger partial charge in [0, 0.05) is 13.1 Å². The van der Waals surface area contributed by atoms with Crippen LogP contribution >= 0.6 is 0 Å². The minimum atomic E-state index is -1.00. The fraction of sp³-hybridized carbons (Fsp3) is 0.565. The molecule has 2 rings (SSSR count). The van der Waals surface area contributed by atoms with E-state index in [0.717, 1.165) is 5.56 Å². The molecular formula is C23H34N4O7. The first kappa shape index (κ1) is 26.9. The molecule has 34 heavy (non-hydrogen) atoms. The zero-order valence-corrected chi connectivity index (χ0v) is 19.8. The van der Waals surface area contributed by atoms with Gasteiger partial charge in [0.15, 0.2) is 0 Å². The van der Waals surface area contributed by atoms with E-state index in [1.54, 1.807) is 20.8 Å². The molecule has 0 radical (unpaired) electrons. The minimum absolute atomic E-state index is 0.134. The number of carbonyl (C=O) groups excluding carboxylic acids is 4. The van der Waals surface area contributed by atoms with Gasteiger partial charge in [-0.15, -0.1) is 0 Å². The second kappa shape index (κ2) is 12.8. The Bertz CT molecular complexity index is 841. The van der Waals surface area contributed by atoms with Crippen molar-refractivity contribution >= 4 is 24.0 Å². The molecule has 0 spiro atoms. The standard InChI is InChI=1S/C23H34N4O7/c1-23(2,3)34-22(31)26-17(19(28)25-18-12-8-14-27(32)20(18)29)11-7-13-24-21(30)33-15-16-9-5-4-6-10-16/h4-6,9-10,17-18,32H,7-8,11-15H2,1-3H3,(H,24,30)(H,25,28)(H,26,31)/t17-,18-/m0/s1. The number of amides is 4. The number of hydroxylamine groups is 2. The topological polar surface area (TPSA) is 146 Å². The van der Waals surface area contributed by atoms with E-state index in [2.05, 4.69) is 16.0 Å². The van der Waals surface area contributed by atoms with Crippen molar-refractivity contribution in [2.45, 2.75) is 70.7 Å². The molecule has 0 aromatic heterocycles. The summed E-state index contributed by atoms with van der Waals surface area (Å²) in [4.78, 5) is 49.0. The Balaban J connectivity index is 1.85. The summed E-state index contributed by atoms with van der Waals surface area (Å²) in [6.07, 6.45) is 0.0665. The average molecular weight is 479 g/mol. The summed E-state index contributed by atoms with van der Waals surface area (Å²) in [5, 5.41) is 17.9. The van der Waals surface area contributed by atoms with Crippen molar-refractivity contribution in [2.75, 3.05) is 13.1 Å². The van der Waals surface area contributed by atoms with Crippen LogP contribution in [0, 0.1) is 0 Å². The summed E-state index contributed by atoms with van der Waals surface area (Å²) >= 11 is 0. The van der Waals surface area contributed by atoms with Gasteiger partial charge in [0.1, 0.15) is 24.3 Å². The van der Waals surface area contributed by atoms with Gasteiger partial charge in [0.25, 0.3) is 5.91 Å². The number of nitrogens with zero attached hydrogens (tertiary/aromatic N) is 1. The molecule has 0 bridgehead atoms. The molecule has 11 nitrogen and oxygen atoms in total. The Hall–Kier alpha value is -3.34. The molecule has 0 aliphatic carbocycles. The average Bonchev–Trinajstić information content (AvgIpc) is 2.77. The number of hydrogen-bond donors (Lipinski definition) is 4. The summed E-state index contributed by atoms with van der Waals surface area (Å²) in [5.41, 5.74) is 0.0981. The fourth-order valence-electron chi connectivity index (χ4n) is 3.25. The van der Waals surface area contributed by atoms with Crippen molar-refractivity contribution < 1.29 is 33.9 Å². The Morgan fingerprint density at radius 1 is 1.18 bits per heavy atom. The number of alkyl carbamates (subject to hydrolysis) is 2. The zero-order valence-electron chi connectivity index (χ0n) is 19.8. The van der Waals surface area contributed by atoms with Gasteiger partial charge in [0.2, 0.25) is 5.91 Å². The van der Waals surface area contributed by atoms with Gasteiger partial charge >= 0.3 is 12.2 Å². The van der Waals surface area contributed by atoms with E-state index in [-0.39, 0.29) is 26.1 Å². The molecule has 1 aromatic rings. The summed E-state index contributed by atoms with van der Waals surface area (Å²) in [6, 6.07) is 7.36. The molecule has 1 heterocycles. The van der Waals surface area contributed by atoms with Crippen LogP contribution in [-0.2, 0) is 25.7 Å². The lowest BCUT2D eigenvalue weighted by Gasteiger charge is -2.29. The smallest absolute Gasteiger partial charge is 0.408 e. The lowest BCUT2D eigenvalue weighted by Crippen LogP contribution is -2.56. The van der Waals surface area contributed by atoms with Crippen LogP contribution in [0.3, 0.4) is 0 Å². The highest BCUT2D eigenvalue weighted by molar-refractivity contribution is 5.91. The van der Waals surface area contributed by atoms with Crippen molar-refractivity contribution in [3.8, 4) is 0 Å². The van der Waals surface area contributed by atoms with E-state index in [1.807, 2.05) is 30.3 Å². The van der Waals surface area contributed by atoms with Crippen molar-refractivity contribution in [1.82, 2.24) is 21.0 Å². The quantitative estimate of drug-likeness (QED) is 0.314. The minimum Gasteiger partial charge on any atom is -0.445 e. The van der Waals surface area contributed by atoms with Gasteiger partial charge in [-0.3, -0.25) is 14.8 Å². The number of hydrogen-bond acceptors (Lipinski definition) is 7. The lowest BCUT2D eigenvalue weighted by atomic mass is 10.0. The van der Waals surface area contributed by atoms with Gasteiger partial charge < -0.3 is 25.4 Å². The Kier molecular flexibility index (Phi) is 10.1. The zero-order chi connectivity index (χ0) is 25.1. The Morgan fingerprint density at radius 2 is 1.88 bits per heavy atom. The van der Waals surface area contributed by atoms with Crippen LogP contribution < -0.4 is 16.0 Å². The van der Waals surface area contributed by atoms with Crippen LogP contribution in [0.2, 0.25) is 0 Å². The van der Waals surface area contributed by atoms with Gasteiger partial charge in [-0.1, -0.05) is 30.3 Å². The maximum Gasteiger partial charge on any atom is 0.408 e. The molecule has 1 fully saturated rings. The maximum absolute atomic E-state index is 12.8. The van der Waals surface area contributed by atoms with Crippen LogP contribution in [0.4, 0.5) is 9.59 Å². The first-order chi connectivity index (χ1) is 16.0. The van der Waals surface area contributed by atoms with Crippen LogP contribution in [0.1, 0.15) is 52.0 Å². The van der Waals surface area contributed by atoms with Crippen molar-refractivity contribution in [3.63, 3.8) is 0 Å². The Morgan fingerprint density at radius 3 is 2.56 bits per heavy atom. The molecule has 1 saturated heterocycles. The lowest BCUT2D eigenvalue weighted by molar-refractivity contribution is -0.173. The van der Waals surface area contributed by atoms with Gasteiger partial charge in [-0.25, -0.2) is 14.7 Å². The highest BCUT2D eigenvalue weighted by atomic mass is 16.6. The molecule has 4 N–H and O–H groups in total. The molecule has 188 valence electrons. The van der Waals surface area contributed by atoms with E-state index in [4.69, 9.17) is 9.47 Å². The summed E-state index contributed by atoms with van der Waals surface area (Å²) in [7, 11) is 0. The molecular weight excluding hydrogens is 444 g/mol. The largest absolute Gasteiger partial charge is 0.445 e. The number of nitrogens with one attached hydrogen (secondary N) is 3. The summed E-state index contributed by atoms with van der Waals surface area (Å²) < 4.78 is 10.4. The number of benzene rings is 1. The second-order valence-corrected chi connectivity index (χ2v) is 8.99. The Labute approximate surface area is 199 Å². The van der Waals surface area contributed by atoms with Gasteiger partial charge in [-0.2, -0.15) is 0 Å². The SMILES string of the molecule is CC(C)(C)OC(=O)N[C@@H](CCCNC(=O)OCc1ccccc1)C(=O)N[C@H]1CCCN(O)C1=O.